The summed E-state index contributed by atoms with van der Waals surface area (Å²) in [7, 11) is 0. The predicted molar refractivity (Wildman–Crippen MR) is 90.1 cm³/mol. The number of carbonyl (C=O) groups excluding carboxylic acids is 1. The molecule has 0 aromatic heterocycles. The van der Waals surface area contributed by atoms with Gasteiger partial charge in [-0.3, -0.25) is 4.79 Å². The van der Waals surface area contributed by atoms with Gasteiger partial charge in [0.2, 0.25) is 5.91 Å². The van der Waals surface area contributed by atoms with Crippen molar-refractivity contribution in [3.63, 3.8) is 0 Å². The van der Waals surface area contributed by atoms with Gasteiger partial charge in [0.15, 0.2) is 0 Å². The molecule has 0 fully saturated rings. The summed E-state index contributed by atoms with van der Waals surface area (Å²) in [5, 5.41) is 14.6. The number of halogens is 2. The lowest BCUT2D eigenvalue weighted by Gasteiger charge is -2.09. The summed E-state index contributed by atoms with van der Waals surface area (Å²) >= 11 is 6.71. The van der Waals surface area contributed by atoms with E-state index < -0.39 is 0 Å². The number of nitrogens with one attached hydrogen (secondary N) is 2. The first-order valence-corrected chi connectivity index (χ1v) is 7.66. The van der Waals surface area contributed by atoms with Crippen LogP contribution in [-0.4, -0.2) is 12.5 Å². The second-order valence-corrected chi connectivity index (χ2v) is 5.99. The number of amides is 1. The number of carbonyl (C=O) groups is 1. The minimum atomic E-state index is -0.149. The maximum absolute atomic E-state index is 11.9. The molecule has 0 aliphatic heterocycles. The van der Waals surface area contributed by atoms with Gasteiger partial charge in [0.05, 0.1) is 18.2 Å². The van der Waals surface area contributed by atoms with Crippen molar-refractivity contribution in [2.75, 3.05) is 17.2 Å². The Balaban J connectivity index is 1.94. The third-order valence-electron chi connectivity index (χ3n) is 2.65. The summed E-state index contributed by atoms with van der Waals surface area (Å²) < 4.78 is 1.65. The first-order chi connectivity index (χ1) is 10.1. The molecular formula is C15H11Br2N3O. The summed E-state index contributed by atoms with van der Waals surface area (Å²) in [5.41, 5.74) is 2.06. The van der Waals surface area contributed by atoms with Crippen molar-refractivity contribution in [3.05, 3.63) is 57.0 Å². The largest absolute Gasteiger partial charge is 0.375 e. The Hall–Kier alpha value is -1.84. The molecule has 0 saturated heterocycles. The van der Waals surface area contributed by atoms with Crippen LogP contribution >= 0.6 is 31.9 Å². The molecule has 1 amide bonds. The quantitative estimate of drug-likeness (QED) is 0.799. The lowest BCUT2D eigenvalue weighted by Crippen LogP contribution is -2.21. The fourth-order valence-electron chi connectivity index (χ4n) is 1.67. The van der Waals surface area contributed by atoms with Crippen LogP contribution in [0.2, 0.25) is 0 Å². The zero-order valence-electron chi connectivity index (χ0n) is 10.9. The minimum absolute atomic E-state index is 0.136. The van der Waals surface area contributed by atoms with Gasteiger partial charge in [0, 0.05) is 20.3 Å². The zero-order valence-corrected chi connectivity index (χ0v) is 14.0. The number of benzene rings is 2. The molecular weight excluding hydrogens is 398 g/mol. The van der Waals surface area contributed by atoms with Crippen molar-refractivity contribution in [1.82, 2.24) is 0 Å². The summed E-state index contributed by atoms with van der Waals surface area (Å²) in [6, 6.07) is 14.6. The number of nitrogens with zero attached hydrogens (tertiary/aromatic N) is 1. The molecule has 2 aromatic carbocycles. The first-order valence-electron chi connectivity index (χ1n) is 6.07. The van der Waals surface area contributed by atoms with E-state index in [1.54, 1.807) is 18.2 Å². The molecule has 2 N–H and O–H groups in total. The van der Waals surface area contributed by atoms with Gasteiger partial charge in [-0.1, -0.05) is 22.0 Å². The zero-order chi connectivity index (χ0) is 15.2. The Bertz CT molecular complexity index is 710. The van der Waals surface area contributed by atoms with E-state index in [9.17, 15) is 4.79 Å². The van der Waals surface area contributed by atoms with Gasteiger partial charge >= 0.3 is 0 Å². The normalized spacial score (nSPS) is 9.76. The van der Waals surface area contributed by atoms with Crippen LogP contribution in [0.5, 0.6) is 0 Å². The summed E-state index contributed by atoms with van der Waals surface area (Å²) in [6.07, 6.45) is 0. The summed E-state index contributed by atoms with van der Waals surface area (Å²) in [4.78, 5) is 11.9. The highest BCUT2D eigenvalue weighted by Gasteiger charge is 2.05. The van der Waals surface area contributed by atoms with Crippen molar-refractivity contribution in [2.24, 2.45) is 0 Å². The van der Waals surface area contributed by atoms with Crippen LogP contribution in [0.4, 0.5) is 11.4 Å². The average molecular weight is 409 g/mol. The van der Waals surface area contributed by atoms with Gasteiger partial charge in [-0.2, -0.15) is 5.26 Å². The van der Waals surface area contributed by atoms with Crippen LogP contribution in [-0.2, 0) is 4.79 Å². The molecule has 0 aliphatic carbocycles. The molecule has 0 radical (unpaired) electrons. The SMILES string of the molecule is N#Cc1ccc(NCC(=O)Nc2cccc(Br)c2)c(Br)c1. The molecule has 0 saturated carbocycles. The lowest BCUT2D eigenvalue weighted by molar-refractivity contribution is -0.114. The van der Waals surface area contributed by atoms with Crippen LogP contribution in [0.1, 0.15) is 5.56 Å². The maximum Gasteiger partial charge on any atom is 0.243 e. The first kappa shape index (κ1) is 15.5. The van der Waals surface area contributed by atoms with Gasteiger partial charge in [-0.25, -0.2) is 0 Å². The van der Waals surface area contributed by atoms with Crippen molar-refractivity contribution < 1.29 is 4.79 Å². The second-order valence-electron chi connectivity index (χ2n) is 4.22. The van der Waals surface area contributed by atoms with E-state index in [4.69, 9.17) is 5.26 Å². The van der Waals surface area contributed by atoms with E-state index in [1.807, 2.05) is 24.3 Å². The number of nitriles is 1. The van der Waals surface area contributed by atoms with Gasteiger partial charge in [0.25, 0.3) is 0 Å². The van der Waals surface area contributed by atoms with Crippen LogP contribution in [0, 0.1) is 11.3 Å². The third-order valence-corrected chi connectivity index (χ3v) is 3.80. The molecule has 0 bridgehead atoms. The van der Waals surface area contributed by atoms with Gasteiger partial charge in [-0.15, -0.1) is 0 Å². The van der Waals surface area contributed by atoms with E-state index in [2.05, 4.69) is 48.6 Å². The number of anilines is 2. The van der Waals surface area contributed by atoms with Crippen LogP contribution in [0.3, 0.4) is 0 Å². The Kier molecular flexibility index (Phi) is 5.37. The highest BCUT2D eigenvalue weighted by molar-refractivity contribution is 9.10. The summed E-state index contributed by atoms with van der Waals surface area (Å²) in [6.45, 7) is 0.136. The molecule has 0 unspecified atom stereocenters. The molecule has 6 heteroatoms. The Morgan fingerprint density at radius 2 is 2.00 bits per heavy atom. The van der Waals surface area contributed by atoms with E-state index >= 15 is 0 Å². The average Bonchev–Trinajstić information content (AvgIpc) is 2.46. The minimum Gasteiger partial charge on any atom is -0.375 e. The molecule has 0 atom stereocenters. The standard InChI is InChI=1S/C15H11Br2N3O/c16-11-2-1-3-12(7-11)20-15(21)9-19-14-5-4-10(8-18)6-13(14)17/h1-7,19H,9H2,(H,20,21). The Labute approximate surface area is 139 Å². The Morgan fingerprint density at radius 3 is 2.67 bits per heavy atom. The van der Waals surface area contributed by atoms with Gasteiger partial charge in [-0.05, 0) is 52.3 Å². The van der Waals surface area contributed by atoms with Crippen LogP contribution in [0.15, 0.2) is 51.4 Å². The molecule has 21 heavy (non-hydrogen) atoms. The van der Waals surface area contributed by atoms with Crippen molar-refractivity contribution in [1.29, 1.82) is 5.26 Å². The van der Waals surface area contributed by atoms with E-state index in [0.717, 1.165) is 20.3 Å². The van der Waals surface area contributed by atoms with Crippen LogP contribution < -0.4 is 10.6 Å². The van der Waals surface area contributed by atoms with Crippen molar-refractivity contribution in [3.8, 4) is 6.07 Å². The molecule has 2 rings (SSSR count). The Morgan fingerprint density at radius 1 is 1.19 bits per heavy atom. The number of hydrogen-bond acceptors (Lipinski definition) is 3. The number of rotatable bonds is 4. The molecule has 0 heterocycles. The smallest absolute Gasteiger partial charge is 0.243 e. The van der Waals surface area contributed by atoms with Crippen molar-refractivity contribution in [2.45, 2.75) is 0 Å². The second kappa shape index (κ2) is 7.25. The molecule has 2 aromatic rings. The maximum atomic E-state index is 11.9. The molecule has 4 nitrogen and oxygen atoms in total. The van der Waals surface area contributed by atoms with Gasteiger partial charge < -0.3 is 10.6 Å². The highest BCUT2D eigenvalue weighted by Crippen LogP contribution is 2.23. The van der Waals surface area contributed by atoms with E-state index in [1.165, 1.54) is 0 Å². The lowest BCUT2D eigenvalue weighted by atomic mass is 10.2. The molecule has 0 spiro atoms. The summed E-state index contributed by atoms with van der Waals surface area (Å²) in [5.74, 6) is -0.149. The number of hydrogen-bond donors (Lipinski definition) is 2. The van der Waals surface area contributed by atoms with Crippen LogP contribution in [0.25, 0.3) is 0 Å². The van der Waals surface area contributed by atoms with E-state index in [-0.39, 0.29) is 12.5 Å². The van der Waals surface area contributed by atoms with E-state index in [0.29, 0.717) is 5.56 Å². The highest BCUT2D eigenvalue weighted by atomic mass is 79.9. The topological polar surface area (TPSA) is 64.9 Å². The monoisotopic (exact) mass is 407 g/mol. The fraction of sp³-hybridized carbons (Fsp3) is 0.0667. The van der Waals surface area contributed by atoms with Crippen molar-refractivity contribution >= 4 is 49.1 Å². The third kappa shape index (κ3) is 4.59. The molecule has 0 aliphatic rings. The fourth-order valence-corrected chi connectivity index (χ4v) is 2.59. The van der Waals surface area contributed by atoms with Gasteiger partial charge in [0.1, 0.15) is 0 Å². The molecule has 106 valence electrons. The predicted octanol–water partition coefficient (Wildman–Crippen LogP) is 4.13.